The average Bonchev–Trinajstić information content (AvgIpc) is 1.99. The van der Waals surface area contributed by atoms with Crippen LogP contribution in [0.2, 0.25) is 5.02 Å². The van der Waals surface area contributed by atoms with Gasteiger partial charge in [0.1, 0.15) is 0 Å². The highest BCUT2D eigenvalue weighted by Gasteiger charge is 2.15. The fraction of sp³-hybridized carbons (Fsp3) is 0.538. The van der Waals surface area contributed by atoms with Gasteiger partial charge in [0.2, 0.25) is 0 Å². The summed E-state index contributed by atoms with van der Waals surface area (Å²) in [4.78, 5) is 2.15. The summed E-state index contributed by atoms with van der Waals surface area (Å²) >= 11 is 6.12. The van der Waals surface area contributed by atoms with Gasteiger partial charge in [-0.15, -0.1) is 0 Å². The lowest BCUT2D eigenvalue weighted by atomic mass is 9.86. The minimum atomic E-state index is 0.159. The van der Waals surface area contributed by atoms with Crippen LogP contribution >= 0.6 is 11.6 Å². The third-order valence-corrected chi connectivity index (χ3v) is 2.54. The quantitative estimate of drug-likeness (QED) is 0.742. The van der Waals surface area contributed by atoms with E-state index in [1.807, 2.05) is 6.07 Å². The summed E-state index contributed by atoms with van der Waals surface area (Å²) < 4.78 is 0. The predicted molar refractivity (Wildman–Crippen MR) is 67.5 cm³/mol. The molecule has 0 saturated heterocycles. The fourth-order valence-corrected chi connectivity index (χ4v) is 1.80. The van der Waals surface area contributed by atoms with Crippen molar-refractivity contribution in [1.82, 2.24) is 4.90 Å². The first-order chi connectivity index (χ1) is 6.79. The zero-order chi connectivity index (χ0) is 11.6. The second-order valence-electron chi connectivity index (χ2n) is 5.34. The normalized spacial score (nSPS) is 12.2. The summed E-state index contributed by atoms with van der Waals surface area (Å²) in [6.07, 6.45) is 0. The lowest BCUT2D eigenvalue weighted by molar-refractivity contribution is 0.402. The third kappa shape index (κ3) is 3.84. The Kier molecular flexibility index (Phi) is 3.80. The van der Waals surface area contributed by atoms with E-state index in [1.165, 1.54) is 11.1 Å². The van der Waals surface area contributed by atoms with E-state index in [0.717, 1.165) is 11.6 Å². The van der Waals surface area contributed by atoms with Crippen molar-refractivity contribution >= 4 is 11.6 Å². The number of nitrogens with zero attached hydrogens (tertiary/aromatic N) is 1. The second-order valence-corrected chi connectivity index (χ2v) is 5.77. The Morgan fingerprint density at radius 1 is 1.13 bits per heavy atom. The molecular formula is C13H20ClN. The van der Waals surface area contributed by atoms with Gasteiger partial charge in [-0.1, -0.05) is 38.4 Å². The predicted octanol–water partition coefficient (Wildman–Crippen LogP) is 3.70. The molecule has 0 aliphatic heterocycles. The van der Waals surface area contributed by atoms with E-state index in [-0.39, 0.29) is 5.41 Å². The zero-order valence-corrected chi connectivity index (χ0v) is 11.0. The number of benzene rings is 1. The summed E-state index contributed by atoms with van der Waals surface area (Å²) in [7, 11) is 4.13. The van der Waals surface area contributed by atoms with Gasteiger partial charge in [0, 0.05) is 11.6 Å². The van der Waals surface area contributed by atoms with Gasteiger partial charge in [-0.2, -0.15) is 0 Å². The maximum atomic E-state index is 6.12. The summed E-state index contributed by atoms with van der Waals surface area (Å²) in [5, 5.41) is 0.833. The maximum absolute atomic E-state index is 6.12. The molecule has 0 radical (unpaired) electrons. The molecule has 0 unspecified atom stereocenters. The van der Waals surface area contributed by atoms with Crippen LogP contribution in [0.4, 0.5) is 0 Å². The topological polar surface area (TPSA) is 3.24 Å². The summed E-state index contributed by atoms with van der Waals surface area (Å²) in [5.41, 5.74) is 2.73. The molecule has 0 heterocycles. The van der Waals surface area contributed by atoms with Crippen molar-refractivity contribution in [1.29, 1.82) is 0 Å². The molecule has 0 fully saturated rings. The Labute approximate surface area is 98.0 Å². The first kappa shape index (κ1) is 12.5. The summed E-state index contributed by atoms with van der Waals surface area (Å²) in [6, 6.07) is 6.34. The van der Waals surface area contributed by atoms with Gasteiger partial charge < -0.3 is 4.90 Å². The van der Waals surface area contributed by atoms with E-state index < -0.39 is 0 Å². The largest absolute Gasteiger partial charge is 0.305 e. The molecule has 84 valence electrons. The van der Waals surface area contributed by atoms with Crippen molar-refractivity contribution < 1.29 is 0 Å². The van der Waals surface area contributed by atoms with E-state index in [2.05, 4.69) is 51.9 Å². The fourth-order valence-electron chi connectivity index (χ4n) is 1.54. The highest BCUT2D eigenvalue weighted by atomic mass is 35.5. The van der Waals surface area contributed by atoms with Gasteiger partial charge in [-0.3, -0.25) is 0 Å². The Morgan fingerprint density at radius 2 is 1.73 bits per heavy atom. The van der Waals surface area contributed by atoms with Crippen LogP contribution in [0.25, 0.3) is 0 Å². The molecule has 1 rings (SSSR count). The van der Waals surface area contributed by atoms with Crippen LogP contribution < -0.4 is 0 Å². The minimum absolute atomic E-state index is 0.159. The highest BCUT2D eigenvalue weighted by molar-refractivity contribution is 6.30. The van der Waals surface area contributed by atoms with Gasteiger partial charge in [-0.25, -0.2) is 0 Å². The van der Waals surface area contributed by atoms with E-state index in [1.54, 1.807) is 0 Å². The maximum Gasteiger partial charge on any atom is 0.0412 e. The summed E-state index contributed by atoms with van der Waals surface area (Å²) in [6.45, 7) is 7.55. The Balaban J connectivity index is 3.06. The zero-order valence-electron chi connectivity index (χ0n) is 10.3. The molecule has 0 aliphatic rings. The molecule has 0 saturated carbocycles. The van der Waals surface area contributed by atoms with Crippen molar-refractivity contribution in [3.8, 4) is 0 Å². The smallest absolute Gasteiger partial charge is 0.0412 e. The standard InChI is InChI=1S/C13H20ClN/c1-13(2,3)11-6-10(9-15(4)5)7-12(14)8-11/h6-8H,9H2,1-5H3. The van der Waals surface area contributed by atoms with Crippen LogP contribution in [0.3, 0.4) is 0 Å². The van der Waals surface area contributed by atoms with E-state index >= 15 is 0 Å². The lowest BCUT2D eigenvalue weighted by Crippen LogP contribution is -2.14. The third-order valence-electron chi connectivity index (χ3n) is 2.32. The van der Waals surface area contributed by atoms with Crippen LogP contribution in [0.1, 0.15) is 31.9 Å². The SMILES string of the molecule is CN(C)Cc1cc(Cl)cc(C(C)(C)C)c1. The number of hydrogen-bond donors (Lipinski definition) is 0. The van der Waals surface area contributed by atoms with E-state index in [9.17, 15) is 0 Å². The van der Waals surface area contributed by atoms with Crippen LogP contribution in [0.15, 0.2) is 18.2 Å². The van der Waals surface area contributed by atoms with Gasteiger partial charge >= 0.3 is 0 Å². The monoisotopic (exact) mass is 225 g/mol. The van der Waals surface area contributed by atoms with Crippen molar-refractivity contribution in [3.63, 3.8) is 0 Å². The molecule has 0 spiro atoms. The molecule has 1 aromatic carbocycles. The summed E-state index contributed by atoms with van der Waals surface area (Å²) in [5.74, 6) is 0. The molecule has 0 amide bonds. The minimum Gasteiger partial charge on any atom is -0.305 e. The van der Waals surface area contributed by atoms with Crippen LogP contribution in [-0.2, 0) is 12.0 Å². The molecule has 0 bridgehead atoms. The molecule has 2 heteroatoms. The van der Waals surface area contributed by atoms with Crippen molar-refractivity contribution in [3.05, 3.63) is 34.3 Å². The average molecular weight is 226 g/mol. The molecular weight excluding hydrogens is 206 g/mol. The molecule has 0 atom stereocenters. The van der Waals surface area contributed by atoms with Crippen molar-refractivity contribution in [2.24, 2.45) is 0 Å². The van der Waals surface area contributed by atoms with Gasteiger partial charge in [0.05, 0.1) is 0 Å². The second kappa shape index (κ2) is 4.54. The molecule has 0 aromatic heterocycles. The molecule has 0 N–H and O–H groups in total. The molecule has 1 aromatic rings. The number of rotatable bonds is 2. The molecule has 1 nitrogen and oxygen atoms in total. The molecule has 0 aliphatic carbocycles. The first-order valence-corrected chi connectivity index (χ1v) is 5.61. The van der Waals surface area contributed by atoms with Gasteiger partial charge in [0.25, 0.3) is 0 Å². The van der Waals surface area contributed by atoms with E-state index in [4.69, 9.17) is 11.6 Å². The Bertz CT molecular complexity index is 337. The highest BCUT2D eigenvalue weighted by Crippen LogP contribution is 2.26. The van der Waals surface area contributed by atoms with Crippen LogP contribution in [0, 0.1) is 0 Å². The molecule has 15 heavy (non-hydrogen) atoms. The Hall–Kier alpha value is -0.530. The number of hydrogen-bond acceptors (Lipinski definition) is 1. The van der Waals surface area contributed by atoms with Crippen LogP contribution in [0.5, 0.6) is 0 Å². The van der Waals surface area contributed by atoms with Gasteiger partial charge in [0.15, 0.2) is 0 Å². The van der Waals surface area contributed by atoms with Gasteiger partial charge in [-0.05, 0) is 42.8 Å². The lowest BCUT2D eigenvalue weighted by Gasteiger charge is -2.21. The van der Waals surface area contributed by atoms with Crippen LogP contribution in [-0.4, -0.2) is 19.0 Å². The first-order valence-electron chi connectivity index (χ1n) is 5.24. The van der Waals surface area contributed by atoms with E-state index in [0.29, 0.717) is 0 Å². The van der Waals surface area contributed by atoms with Crippen molar-refractivity contribution in [2.75, 3.05) is 14.1 Å². The Morgan fingerprint density at radius 3 is 2.20 bits per heavy atom. The number of halogens is 1. The van der Waals surface area contributed by atoms with Crippen molar-refractivity contribution in [2.45, 2.75) is 32.7 Å².